The van der Waals surface area contributed by atoms with Gasteiger partial charge in [0.2, 0.25) is 0 Å². The minimum atomic E-state index is 0.374. The molecule has 2 heteroatoms. The van der Waals surface area contributed by atoms with E-state index in [-0.39, 0.29) is 0 Å². The molecule has 1 unspecified atom stereocenters. The molecule has 13 heavy (non-hydrogen) atoms. The van der Waals surface area contributed by atoms with Crippen molar-refractivity contribution >= 4 is 0 Å². The molecule has 0 aromatic carbocycles. The van der Waals surface area contributed by atoms with Crippen molar-refractivity contribution in [3.8, 4) is 0 Å². The van der Waals surface area contributed by atoms with Crippen LogP contribution in [0.4, 0.5) is 0 Å². The highest BCUT2D eigenvalue weighted by Gasteiger charge is 2.29. The van der Waals surface area contributed by atoms with Gasteiger partial charge in [0.25, 0.3) is 0 Å². The highest BCUT2D eigenvalue weighted by Crippen LogP contribution is 2.27. The summed E-state index contributed by atoms with van der Waals surface area (Å²) in [6, 6.07) is 1.24. The first-order valence-electron chi connectivity index (χ1n) is 5.63. The number of rotatable bonds is 6. The smallest absolute Gasteiger partial charge is 0.0165 e. The van der Waals surface area contributed by atoms with Crippen LogP contribution in [0, 0.1) is 5.92 Å². The molecule has 1 fully saturated rings. The second kappa shape index (κ2) is 4.97. The molecule has 1 rings (SSSR count). The highest BCUT2D eigenvalue weighted by atomic mass is 15.2. The standard InChI is InChI=1S/C11H24N2/c1-4-10(12)8-13(7-9(2)3)11-5-6-11/h9-11H,4-8,12H2,1-3H3. The van der Waals surface area contributed by atoms with Crippen molar-refractivity contribution in [1.82, 2.24) is 4.90 Å². The van der Waals surface area contributed by atoms with Crippen LogP contribution >= 0.6 is 0 Å². The molecule has 1 aliphatic rings. The van der Waals surface area contributed by atoms with Crippen LogP contribution in [0.1, 0.15) is 40.0 Å². The van der Waals surface area contributed by atoms with Gasteiger partial charge in [0.1, 0.15) is 0 Å². The maximum Gasteiger partial charge on any atom is 0.0165 e. The molecule has 0 aromatic rings. The molecule has 0 heterocycles. The zero-order valence-electron chi connectivity index (χ0n) is 9.29. The maximum absolute atomic E-state index is 5.97. The van der Waals surface area contributed by atoms with Gasteiger partial charge in [-0.15, -0.1) is 0 Å². The van der Waals surface area contributed by atoms with E-state index in [2.05, 4.69) is 25.7 Å². The molecule has 1 saturated carbocycles. The van der Waals surface area contributed by atoms with Crippen LogP contribution in [0.15, 0.2) is 0 Å². The van der Waals surface area contributed by atoms with Gasteiger partial charge in [-0.25, -0.2) is 0 Å². The van der Waals surface area contributed by atoms with Gasteiger partial charge < -0.3 is 5.73 Å². The minimum Gasteiger partial charge on any atom is -0.327 e. The molecule has 0 amide bonds. The molecule has 0 aromatic heterocycles. The number of nitrogens with zero attached hydrogens (tertiary/aromatic N) is 1. The molecule has 1 aliphatic carbocycles. The lowest BCUT2D eigenvalue weighted by Gasteiger charge is -2.26. The quantitative estimate of drug-likeness (QED) is 0.682. The summed E-state index contributed by atoms with van der Waals surface area (Å²) in [4.78, 5) is 2.58. The van der Waals surface area contributed by atoms with Crippen molar-refractivity contribution in [2.24, 2.45) is 11.7 Å². The number of nitrogens with two attached hydrogens (primary N) is 1. The summed E-state index contributed by atoms with van der Waals surface area (Å²) in [5.41, 5.74) is 5.97. The molecule has 1 atom stereocenters. The number of hydrogen-bond donors (Lipinski definition) is 1. The summed E-state index contributed by atoms with van der Waals surface area (Å²) in [7, 11) is 0. The Morgan fingerprint density at radius 1 is 1.31 bits per heavy atom. The van der Waals surface area contributed by atoms with E-state index in [1.54, 1.807) is 0 Å². The molecule has 2 N–H and O–H groups in total. The lowest BCUT2D eigenvalue weighted by Crippen LogP contribution is -2.40. The molecule has 0 aliphatic heterocycles. The average molecular weight is 184 g/mol. The fourth-order valence-corrected chi connectivity index (χ4v) is 1.71. The summed E-state index contributed by atoms with van der Waals surface area (Å²) >= 11 is 0. The Bertz CT molecular complexity index is 141. The first-order valence-corrected chi connectivity index (χ1v) is 5.63. The van der Waals surface area contributed by atoms with Crippen molar-refractivity contribution in [2.75, 3.05) is 13.1 Å². The van der Waals surface area contributed by atoms with Gasteiger partial charge in [0, 0.05) is 25.2 Å². The van der Waals surface area contributed by atoms with Crippen LogP contribution in [-0.4, -0.2) is 30.1 Å². The van der Waals surface area contributed by atoms with E-state index in [0.29, 0.717) is 6.04 Å². The Hall–Kier alpha value is -0.0800. The Morgan fingerprint density at radius 2 is 1.92 bits per heavy atom. The van der Waals surface area contributed by atoms with Crippen molar-refractivity contribution < 1.29 is 0 Å². The van der Waals surface area contributed by atoms with Gasteiger partial charge in [-0.3, -0.25) is 4.90 Å². The van der Waals surface area contributed by atoms with Crippen LogP contribution in [0.2, 0.25) is 0 Å². The second-order valence-electron chi connectivity index (χ2n) is 4.75. The van der Waals surface area contributed by atoms with E-state index in [0.717, 1.165) is 24.9 Å². The largest absolute Gasteiger partial charge is 0.327 e. The minimum absolute atomic E-state index is 0.374. The Morgan fingerprint density at radius 3 is 2.31 bits per heavy atom. The Kier molecular flexibility index (Phi) is 4.20. The van der Waals surface area contributed by atoms with Gasteiger partial charge in [0.05, 0.1) is 0 Å². The zero-order chi connectivity index (χ0) is 9.84. The van der Waals surface area contributed by atoms with Crippen LogP contribution in [-0.2, 0) is 0 Å². The van der Waals surface area contributed by atoms with Crippen LogP contribution < -0.4 is 5.73 Å². The van der Waals surface area contributed by atoms with Gasteiger partial charge in [-0.05, 0) is 25.2 Å². The van der Waals surface area contributed by atoms with E-state index >= 15 is 0 Å². The average Bonchev–Trinajstić information content (AvgIpc) is 2.84. The fraction of sp³-hybridized carbons (Fsp3) is 1.00. The van der Waals surface area contributed by atoms with E-state index in [1.807, 2.05) is 0 Å². The molecular formula is C11H24N2. The molecule has 0 spiro atoms. The topological polar surface area (TPSA) is 29.3 Å². The van der Waals surface area contributed by atoms with E-state index in [4.69, 9.17) is 5.73 Å². The predicted octanol–water partition coefficient (Wildman–Crippen LogP) is 1.84. The second-order valence-corrected chi connectivity index (χ2v) is 4.75. The van der Waals surface area contributed by atoms with Gasteiger partial charge in [0.15, 0.2) is 0 Å². The van der Waals surface area contributed by atoms with Crippen molar-refractivity contribution in [3.05, 3.63) is 0 Å². The number of hydrogen-bond acceptors (Lipinski definition) is 2. The molecular weight excluding hydrogens is 160 g/mol. The van der Waals surface area contributed by atoms with E-state index in [9.17, 15) is 0 Å². The first-order chi connectivity index (χ1) is 6.13. The van der Waals surface area contributed by atoms with Crippen molar-refractivity contribution in [3.63, 3.8) is 0 Å². The third-order valence-corrected chi connectivity index (χ3v) is 2.66. The highest BCUT2D eigenvalue weighted by molar-refractivity contribution is 4.86. The molecule has 0 bridgehead atoms. The summed E-state index contributed by atoms with van der Waals surface area (Å²) < 4.78 is 0. The maximum atomic E-state index is 5.97. The van der Waals surface area contributed by atoms with E-state index < -0.39 is 0 Å². The SMILES string of the molecule is CCC(N)CN(CC(C)C)C1CC1. The van der Waals surface area contributed by atoms with Crippen molar-refractivity contribution in [2.45, 2.75) is 52.1 Å². The van der Waals surface area contributed by atoms with Crippen LogP contribution in [0.25, 0.3) is 0 Å². The lowest BCUT2D eigenvalue weighted by molar-refractivity contribution is 0.219. The van der Waals surface area contributed by atoms with Crippen LogP contribution in [0.3, 0.4) is 0 Å². The lowest BCUT2D eigenvalue weighted by atomic mass is 10.1. The monoisotopic (exact) mass is 184 g/mol. The zero-order valence-corrected chi connectivity index (χ0v) is 9.29. The third-order valence-electron chi connectivity index (χ3n) is 2.66. The van der Waals surface area contributed by atoms with Gasteiger partial charge in [-0.1, -0.05) is 20.8 Å². The molecule has 0 radical (unpaired) electrons. The van der Waals surface area contributed by atoms with Gasteiger partial charge >= 0.3 is 0 Å². The Labute approximate surface area is 82.5 Å². The third kappa shape index (κ3) is 4.10. The molecule has 2 nitrogen and oxygen atoms in total. The fourth-order valence-electron chi connectivity index (χ4n) is 1.71. The first kappa shape index (κ1) is 11.0. The van der Waals surface area contributed by atoms with Crippen molar-refractivity contribution in [1.29, 1.82) is 0 Å². The van der Waals surface area contributed by atoms with E-state index in [1.165, 1.54) is 19.4 Å². The summed E-state index contributed by atoms with van der Waals surface area (Å²) in [5, 5.41) is 0. The predicted molar refractivity (Wildman–Crippen MR) is 57.7 cm³/mol. The normalized spacial score (nSPS) is 19.8. The summed E-state index contributed by atoms with van der Waals surface area (Å²) in [5.74, 6) is 0.768. The van der Waals surface area contributed by atoms with Gasteiger partial charge in [-0.2, -0.15) is 0 Å². The molecule has 0 saturated heterocycles. The van der Waals surface area contributed by atoms with Crippen LogP contribution in [0.5, 0.6) is 0 Å². The summed E-state index contributed by atoms with van der Waals surface area (Å²) in [6.07, 6.45) is 3.88. The molecule has 78 valence electrons. The summed E-state index contributed by atoms with van der Waals surface area (Å²) in [6.45, 7) is 9.06. The Balaban J connectivity index is 2.29.